The van der Waals surface area contributed by atoms with Gasteiger partial charge >= 0.3 is 0 Å². The number of halogens is 2. The van der Waals surface area contributed by atoms with Crippen LogP contribution in [-0.2, 0) is 24.5 Å². The average Bonchev–Trinajstić information content (AvgIpc) is 2.61. The molecule has 18 heavy (non-hydrogen) atoms. The van der Waals surface area contributed by atoms with Crippen LogP contribution in [0.25, 0.3) is 0 Å². The molecule has 106 valence electrons. The molecule has 0 amide bonds. The Morgan fingerprint density at radius 2 is 1.83 bits per heavy atom. The van der Waals surface area contributed by atoms with Crippen LogP contribution in [-0.4, -0.2) is 47.4 Å². The minimum absolute atomic E-state index is 0.163. The topological polar surface area (TPSA) is 72.8 Å². The largest absolute Gasteiger partial charge is 0.379 e. The summed E-state index contributed by atoms with van der Waals surface area (Å²) < 4.78 is 43.7. The second-order valence-corrected chi connectivity index (χ2v) is 10.9. The summed E-state index contributed by atoms with van der Waals surface area (Å²) in [5.41, 5.74) is -0.695. The van der Waals surface area contributed by atoms with Crippen molar-refractivity contribution in [2.24, 2.45) is 9.18 Å². The molecule has 9 heteroatoms. The Morgan fingerprint density at radius 3 is 2.28 bits per heavy atom. The molecule has 0 N–H and O–H groups in total. The predicted molar refractivity (Wildman–Crippen MR) is 72.1 cm³/mol. The summed E-state index contributed by atoms with van der Waals surface area (Å²) in [6.45, 7) is 2.25. The maximum Gasteiger partial charge on any atom is 0.261 e. The van der Waals surface area contributed by atoms with E-state index in [0.717, 1.165) is 0 Å². The van der Waals surface area contributed by atoms with Gasteiger partial charge in [0, 0.05) is 5.41 Å². The van der Waals surface area contributed by atoms with Crippen LogP contribution in [0.5, 0.6) is 0 Å². The van der Waals surface area contributed by atoms with Crippen molar-refractivity contribution in [1.29, 1.82) is 0 Å². The number of hydrogen-bond donors (Lipinski definition) is 0. The molecule has 5 nitrogen and oxygen atoms in total. The van der Waals surface area contributed by atoms with Gasteiger partial charge < -0.3 is 4.74 Å². The Morgan fingerprint density at radius 1 is 1.33 bits per heavy atom. The van der Waals surface area contributed by atoms with Crippen molar-refractivity contribution in [3.8, 4) is 0 Å². The molecule has 0 aromatic carbocycles. The molecule has 1 aliphatic heterocycles. The Hall–Kier alpha value is 0.440. The fourth-order valence-corrected chi connectivity index (χ4v) is 7.35. The molecule has 0 aromatic heterocycles. The highest BCUT2D eigenvalue weighted by Crippen LogP contribution is 2.64. The van der Waals surface area contributed by atoms with Gasteiger partial charge in [-0.1, -0.05) is 6.92 Å². The lowest BCUT2D eigenvalue weighted by atomic mass is 10.2. The van der Waals surface area contributed by atoms with Gasteiger partial charge in [-0.05, 0) is 6.42 Å². The molecule has 1 saturated carbocycles. The van der Waals surface area contributed by atoms with E-state index < -0.39 is 29.5 Å². The standard InChI is InChI=1S/C9H15Cl2NO4S2/c1-8(6-9(8,10)11)7-18(14,15)12-17(13)4-2-16-3-5-17/h2-7H2,1H3. The van der Waals surface area contributed by atoms with Crippen LogP contribution in [0.15, 0.2) is 3.77 Å². The fourth-order valence-electron chi connectivity index (χ4n) is 1.90. The van der Waals surface area contributed by atoms with Crippen molar-refractivity contribution in [3.05, 3.63) is 0 Å². The van der Waals surface area contributed by atoms with Crippen molar-refractivity contribution < 1.29 is 17.4 Å². The monoisotopic (exact) mass is 335 g/mol. The molecule has 2 fully saturated rings. The molecule has 2 rings (SSSR count). The Kier molecular flexibility index (Phi) is 3.69. The Bertz CT molecular complexity index is 553. The summed E-state index contributed by atoms with van der Waals surface area (Å²) in [7, 11) is -6.48. The van der Waals surface area contributed by atoms with Crippen molar-refractivity contribution in [3.63, 3.8) is 0 Å². The molecule has 1 heterocycles. The third-order valence-corrected chi connectivity index (χ3v) is 9.00. The molecule has 0 bridgehead atoms. The van der Waals surface area contributed by atoms with Gasteiger partial charge in [-0.3, -0.25) is 0 Å². The van der Waals surface area contributed by atoms with Crippen molar-refractivity contribution in [2.45, 2.75) is 17.7 Å². The molecule has 1 unspecified atom stereocenters. The van der Waals surface area contributed by atoms with E-state index in [0.29, 0.717) is 6.42 Å². The average molecular weight is 336 g/mol. The van der Waals surface area contributed by atoms with Gasteiger partial charge in [-0.2, -0.15) is 0 Å². The highest BCUT2D eigenvalue weighted by Gasteiger charge is 2.64. The zero-order chi connectivity index (χ0) is 13.7. The van der Waals surface area contributed by atoms with Gasteiger partial charge in [-0.15, -0.1) is 27.0 Å². The quantitative estimate of drug-likeness (QED) is 0.730. The van der Waals surface area contributed by atoms with E-state index in [-0.39, 0.29) is 30.5 Å². The molecule has 0 spiro atoms. The van der Waals surface area contributed by atoms with Crippen LogP contribution in [0.4, 0.5) is 0 Å². The second-order valence-electron chi connectivity index (χ2n) is 5.04. The highest BCUT2D eigenvalue weighted by atomic mass is 35.5. The van der Waals surface area contributed by atoms with E-state index in [1.54, 1.807) is 6.92 Å². The zero-order valence-electron chi connectivity index (χ0n) is 9.90. The summed E-state index contributed by atoms with van der Waals surface area (Å²) >= 11 is 11.8. The minimum Gasteiger partial charge on any atom is -0.379 e. The van der Waals surface area contributed by atoms with E-state index in [4.69, 9.17) is 27.9 Å². The van der Waals surface area contributed by atoms with Gasteiger partial charge in [0.2, 0.25) is 0 Å². The van der Waals surface area contributed by atoms with E-state index in [1.807, 2.05) is 0 Å². The first-order valence-corrected chi connectivity index (χ1v) is 9.72. The van der Waals surface area contributed by atoms with Crippen LogP contribution in [0.2, 0.25) is 0 Å². The molecular formula is C9H15Cl2NO4S2. The minimum atomic E-state index is -3.78. The smallest absolute Gasteiger partial charge is 0.261 e. The maximum absolute atomic E-state index is 12.2. The van der Waals surface area contributed by atoms with Crippen molar-refractivity contribution >= 4 is 43.0 Å². The van der Waals surface area contributed by atoms with Gasteiger partial charge in [0.1, 0.15) is 4.33 Å². The van der Waals surface area contributed by atoms with Gasteiger partial charge in [0.05, 0.1) is 40.2 Å². The highest BCUT2D eigenvalue weighted by molar-refractivity contribution is 8.03. The van der Waals surface area contributed by atoms with E-state index in [2.05, 4.69) is 3.77 Å². The lowest BCUT2D eigenvalue weighted by molar-refractivity contribution is 0.158. The fraction of sp³-hybridized carbons (Fsp3) is 1.00. The lowest BCUT2D eigenvalue weighted by Gasteiger charge is -2.16. The van der Waals surface area contributed by atoms with Gasteiger partial charge in [0.15, 0.2) is 0 Å². The molecule has 0 radical (unpaired) electrons. The Labute approximate surface area is 117 Å². The molecule has 1 atom stereocenters. The Balaban J connectivity index is 2.18. The number of rotatable bonds is 3. The van der Waals surface area contributed by atoms with E-state index in [9.17, 15) is 12.6 Å². The first-order valence-electron chi connectivity index (χ1n) is 5.50. The number of alkyl halides is 2. The van der Waals surface area contributed by atoms with Crippen LogP contribution >= 0.6 is 23.2 Å². The summed E-state index contributed by atoms with van der Waals surface area (Å²) in [5.74, 6) is 0.0660. The molecule has 1 aliphatic carbocycles. The molecule has 2 aliphatic rings. The first-order chi connectivity index (χ1) is 8.08. The van der Waals surface area contributed by atoms with E-state index in [1.165, 1.54) is 0 Å². The summed E-state index contributed by atoms with van der Waals surface area (Å²) in [6, 6.07) is 0. The maximum atomic E-state index is 12.2. The number of hydrogen-bond acceptors (Lipinski definition) is 4. The van der Waals surface area contributed by atoms with E-state index >= 15 is 0 Å². The van der Waals surface area contributed by atoms with Gasteiger partial charge in [-0.25, -0.2) is 12.6 Å². The summed E-state index contributed by atoms with van der Waals surface area (Å²) in [6.07, 6.45) is 0.405. The second kappa shape index (κ2) is 4.48. The van der Waals surface area contributed by atoms with Crippen LogP contribution in [0.1, 0.15) is 13.3 Å². The zero-order valence-corrected chi connectivity index (χ0v) is 13.0. The van der Waals surface area contributed by atoms with Crippen molar-refractivity contribution in [2.75, 3.05) is 30.5 Å². The first kappa shape index (κ1) is 14.8. The number of nitrogens with zero attached hydrogens (tertiary/aromatic N) is 1. The van der Waals surface area contributed by atoms with Gasteiger partial charge in [0.25, 0.3) is 10.0 Å². The summed E-state index contributed by atoms with van der Waals surface area (Å²) in [4.78, 5) is 0. The number of sulfonamides is 1. The lowest BCUT2D eigenvalue weighted by Crippen LogP contribution is -2.27. The van der Waals surface area contributed by atoms with Crippen molar-refractivity contribution in [1.82, 2.24) is 0 Å². The molecular weight excluding hydrogens is 321 g/mol. The molecule has 0 aromatic rings. The third-order valence-electron chi connectivity index (χ3n) is 3.21. The normalized spacial score (nSPS) is 33.9. The number of ether oxygens (including phenoxy) is 1. The SMILES string of the molecule is CC1(CS(=O)(=O)N=S2(=O)CCOCC2)CC1(Cl)Cl. The third kappa shape index (κ3) is 3.12. The summed E-state index contributed by atoms with van der Waals surface area (Å²) in [5, 5.41) is 0. The van der Waals surface area contributed by atoms with Crippen LogP contribution in [0, 0.1) is 5.41 Å². The predicted octanol–water partition coefficient (Wildman–Crippen LogP) is 1.40. The molecule has 1 saturated heterocycles. The van der Waals surface area contributed by atoms with Crippen LogP contribution in [0.3, 0.4) is 0 Å². The van der Waals surface area contributed by atoms with Crippen LogP contribution < -0.4 is 0 Å².